The third-order valence-corrected chi connectivity index (χ3v) is 5.89. The normalized spacial score (nSPS) is 11.1. The summed E-state index contributed by atoms with van der Waals surface area (Å²) in [6, 6.07) is 10.5. The predicted molar refractivity (Wildman–Crippen MR) is 131 cm³/mol. The molecule has 0 aliphatic rings. The molecule has 182 valence electrons. The lowest BCUT2D eigenvalue weighted by Gasteiger charge is -2.17. The van der Waals surface area contributed by atoms with Crippen molar-refractivity contribution in [2.75, 3.05) is 26.6 Å². The molecule has 0 amide bonds. The Kier molecular flexibility index (Phi) is 6.95. The molecule has 0 aliphatic heterocycles. The second-order valence-electron chi connectivity index (χ2n) is 7.93. The van der Waals surface area contributed by atoms with Gasteiger partial charge in [0.15, 0.2) is 0 Å². The number of hydrogen-bond acceptors (Lipinski definition) is 7. The van der Waals surface area contributed by atoms with Crippen LogP contribution in [0.4, 0.5) is 14.6 Å². The summed E-state index contributed by atoms with van der Waals surface area (Å²) in [5.74, 6) is 2.35. The van der Waals surface area contributed by atoms with Gasteiger partial charge >= 0.3 is 0 Å². The number of alkyl halides is 2. The summed E-state index contributed by atoms with van der Waals surface area (Å²) in [4.78, 5) is 13.1. The third kappa shape index (κ3) is 4.66. The van der Waals surface area contributed by atoms with Crippen molar-refractivity contribution in [3.8, 4) is 28.5 Å². The Morgan fingerprint density at radius 2 is 1.69 bits per heavy atom. The zero-order chi connectivity index (χ0) is 25.1. The second-order valence-corrected chi connectivity index (χ2v) is 7.93. The predicted octanol–water partition coefficient (Wildman–Crippen LogP) is 5.88. The molecule has 0 bridgehead atoms. The first-order valence-electron chi connectivity index (χ1n) is 10.9. The molecule has 0 unspecified atom stereocenters. The van der Waals surface area contributed by atoms with E-state index in [0.717, 1.165) is 16.7 Å². The van der Waals surface area contributed by atoms with Crippen LogP contribution in [0.2, 0.25) is 0 Å². The fraction of sp³-hybridized carbons (Fsp3) is 0.269. The summed E-state index contributed by atoms with van der Waals surface area (Å²) in [5.41, 5.74) is 3.70. The van der Waals surface area contributed by atoms with Gasteiger partial charge in [-0.3, -0.25) is 0 Å². The first kappa shape index (κ1) is 24.1. The van der Waals surface area contributed by atoms with E-state index in [4.69, 9.17) is 14.2 Å². The highest BCUT2D eigenvalue weighted by Gasteiger charge is 2.21. The number of nitrogens with zero attached hydrogens (tertiary/aromatic N) is 3. The Bertz CT molecular complexity index is 1380. The molecule has 7 nitrogen and oxygen atoms in total. The van der Waals surface area contributed by atoms with Gasteiger partial charge in [-0.15, -0.1) is 0 Å². The van der Waals surface area contributed by atoms with Crippen LogP contribution in [-0.2, 0) is 6.54 Å². The highest BCUT2D eigenvalue weighted by Crippen LogP contribution is 2.38. The molecule has 0 radical (unpaired) electrons. The number of benzene rings is 2. The van der Waals surface area contributed by atoms with Gasteiger partial charge in [0.05, 0.1) is 27.0 Å². The number of aryl methyl sites for hydroxylation is 1. The molecule has 2 heterocycles. The summed E-state index contributed by atoms with van der Waals surface area (Å²) >= 11 is 0. The van der Waals surface area contributed by atoms with Crippen LogP contribution in [0, 0.1) is 13.8 Å². The van der Waals surface area contributed by atoms with Crippen LogP contribution < -0.4 is 19.5 Å². The summed E-state index contributed by atoms with van der Waals surface area (Å²) in [6.07, 6.45) is -1.37. The molecular weight excluding hydrogens is 454 g/mol. The number of nitrogens with one attached hydrogen (secondary N) is 1. The van der Waals surface area contributed by atoms with E-state index < -0.39 is 6.43 Å². The van der Waals surface area contributed by atoms with Gasteiger partial charge in [-0.1, -0.05) is 6.07 Å². The molecule has 0 fully saturated rings. The minimum Gasteiger partial charge on any atom is -0.497 e. The minimum atomic E-state index is -2.76. The molecule has 4 rings (SSSR count). The Labute approximate surface area is 202 Å². The van der Waals surface area contributed by atoms with Gasteiger partial charge in [0.1, 0.15) is 40.6 Å². The lowest BCUT2D eigenvalue weighted by molar-refractivity contribution is 0.146. The van der Waals surface area contributed by atoms with Crippen molar-refractivity contribution in [2.24, 2.45) is 0 Å². The van der Waals surface area contributed by atoms with Gasteiger partial charge in [0.2, 0.25) is 0 Å². The molecule has 4 aromatic rings. The van der Waals surface area contributed by atoms with Crippen molar-refractivity contribution in [3.63, 3.8) is 0 Å². The van der Waals surface area contributed by atoms with E-state index in [0.29, 0.717) is 51.8 Å². The Balaban J connectivity index is 1.85. The average Bonchev–Trinajstić information content (AvgIpc) is 2.87. The largest absolute Gasteiger partial charge is 0.497 e. The summed E-state index contributed by atoms with van der Waals surface area (Å²) in [7, 11) is 4.72. The van der Waals surface area contributed by atoms with Crippen LogP contribution in [0.5, 0.6) is 17.2 Å². The van der Waals surface area contributed by atoms with Gasteiger partial charge in [-0.2, -0.15) is 0 Å². The molecule has 2 aromatic carbocycles. The number of halogens is 2. The Morgan fingerprint density at radius 1 is 0.914 bits per heavy atom. The Morgan fingerprint density at radius 3 is 2.37 bits per heavy atom. The van der Waals surface area contributed by atoms with Crippen LogP contribution in [0.25, 0.3) is 22.2 Å². The lowest BCUT2D eigenvalue weighted by atomic mass is 9.96. The minimum absolute atomic E-state index is 0.345. The number of anilines is 1. The fourth-order valence-electron chi connectivity index (χ4n) is 4.10. The van der Waals surface area contributed by atoms with Crippen molar-refractivity contribution < 1.29 is 23.0 Å². The van der Waals surface area contributed by atoms with Crippen LogP contribution in [-0.4, -0.2) is 36.3 Å². The number of pyridine rings is 1. The second kappa shape index (κ2) is 10.1. The molecule has 0 saturated heterocycles. The molecule has 1 N–H and O–H groups in total. The maximum Gasteiger partial charge on any atom is 0.280 e. The molecule has 35 heavy (non-hydrogen) atoms. The summed E-state index contributed by atoms with van der Waals surface area (Å²) in [6.45, 7) is 4.12. The van der Waals surface area contributed by atoms with Crippen LogP contribution >= 0.6 is 0 Å². The molecule has 0 aliphatic carbocycles. The van der Waals surface area contributed by atoms with E-state index >= 15 is 0 Å². The average molecular weight is 481 g/mol. The fourth-order valence-corrected chi connectivity index (χ4v) is 4.10. The van der Waals surface area contributed by atoms with Gasteiger partial charge in [0, 0.05) is 34.7 Å². The molecule has 0 saturated carbocycles. The van der Waals surface area contributed by atoms with Gasteiger partial charge in [-0.05, 0) is 43.7 Å². The molecule has 2 aromatic heterocycles. The van der Waals surface area contributed by atoms with Crippen molar-refractivity contribution in [1.82, 2.24) is 15.0 Å². The van der Waals surface area contributed by atoms with Crippen molar-refractivity contribution >= 4 is 16.7 Å². The maximum atomic E-state index is 13.9. The van der Waals surface area contributed by atoms with Crippen LogP contribution in [0.15, 0.2) is 42.7 Å². The first-order valence-corrected chi connectivity index (χ1v) is 10.9. The van der Waals surface area contributed by atoms with Gasteiger partial charge in [-0.25, -0.2) is 23.7 Å². The number of aromatic nitrogens is 3. The quantitative estimate of drug-likeness (QED) is 0.337. The first-order chi connectivity index (χ1) is 16.9. The number of hydrogen-bond donors (Lipinski definition) is 1. The lowest BCUT2D eigenvalue weighted by Crippen LogP contribution is -2.06. The van der Waals surface area contributed by atoms with Gasteiger partial charge in [0.25, 0.3) is 6.43 Å². The zero-order valence-corrected chi connectivity index (χ0v) is 20.1. The van der Waals surface area contributed by atoms with E-state index in [1.165, 1.54) is 12.4 Å². The standard InChI is InChI=1S/C26H26F2N4O3/c1-14-6-9-20(34-4)15(2)22(14)24-23-18(11-19(32-24)25(27)28)26(31-13-30-23)29-12-16-7-8-17(33-3)10-21(16)35-5/h6-11,13,25H,12H2,1-5H3,(H,29,30,31). The van der Waals surface area contributed by atoms with Crippen molar-refractivity contribution in [3.05, 3.63) is 65.1 Å². The number of methoxy groups -OCH3 is 3. The molecule has 9 heteroatoms. The Hall–Kier alpha value is -4.01. The van der Waals surface area contributed by atoms with Gasteiger partial charge < -0.3 is 19.5 Å². The number of fused-ring (bicyclic) bond motifs is 1. The van der Waals surface area contributed by atoms with Crippen molar-refractivity contribution in [2.45, 2.75) is 26.8 Å². The smallest absolute Gasteiger partial charge is 0.280 e. The van der Waals surface area contributed by atoms with E-state index in [9.17, 15) is 8.78 Å². The van der Waals surface area contributed by atoms with E-state index in [2.05, 4.69) is 20.3 Å². The maximum absolute atomic E-state index is 13.9. The third-order valence-electron chi connectivity index (χ3n) is 5.89. The van der Waals surface area contributed by atoms with E-state index in [-0.39, 0.29) is 5.69 Å². The molecule has 0 atom stereocenters. The number of rotatable bonds is 8. The zero-order valence-electron chi connectivity index (χ0n) is 20.1. The summed E-state index contributed by atoms with van der Waals surface area (Å²) < 4.78 is 44.0. The SMILES string of the molecule is COc1ccc(CNc2ncnc3c(-c4c(C)ccc(OC)c4C)nc(C(F)F)cc23)c(OC)c1. The number of ether oxygens (including phenoxy) is 3. The monoisotopic (exact) mass is 480 g/mol. The van der Waals surface area contributed by atoms with Crippen molar-refractivity contribution in [1.29, 1.82) is 0 Å². The topological polar surface area (TPSA) is 78.4 Å². The molecule has 0 spiro atoms. The van der Waals surface area contributed by atoms with E-state index in [1.807, 2.05) is 38.1 Å². The highest BCUT2D eigenvalue weighted by molar-refractivity contribution is 5.99. The van der Waals surface area contributed by atoms with E-state index in [1.54, 1.807) is 27.4 Å². The van der Waals surface area contributed by atoms with Crippen LogP contribution in [0.3, 0.4) is 0 Å². The molecular formula is C26H26F2N4O3. The highest BCUT2D eigenvalue weighted by atomic mass is 19.3. The van der Waals surface area contributed by atoms with Crippen LogP contribution in [0.1, 0.15) is 28.8 Å². The summed E-state index contributed by atoms with van der Waals surface area (Å²) in [5, 5.41) is 3.69.